The lowest BCUT2D eigenvalue weighted by Crippen LogP contribution is -2.42. The van der Waals surface area contributed by atoms with Crippen LogP contribution in [0.2, 0.25) is 0 Å². The van der Waals surface area contributed by atoms with Crippen LogP contribution in [0.25, 0.3) is 0 Å². The highest BCUT2D eigenvalue weighted by molar-refractivity contribution is 5.76. The van der Waals surface area contributed by atoms with Gasteiger partial charge in [-0.1, -0.05) is 32.6 Å². The van der Waals surface area contributed by atoms with Crippen molar-refractivity contribution in [1.82, 2.24) is 10.2 Å². The van der Waals surface area contributed by atoms with Crippen molar-refractivity contribution >= 4 is 5.91 Å². The topological polar surface area (TPSA) is 32.3 Å². The van der Waals surface area contributed by atoms with E-state index in [1.165, 1.54) is 51.4 Å². The first-order valence-corrected chi connectivity index (χ1v) is 8.34. The molecule has 1 heterocycles. The van der Waals surface area contributed by atoms with E-state index in [-0.39, 0.29) is 0 Å². The minimum absolute atomic E-state index is 0.410. The SMILES string of the molecule is CCCCCCCC(=O)N(CC1CCCN1)C1CC1. The Labute approximate surface area is 118 Å². The summed E-state index contributed by atoms with van der Waals surface area (Å²) in [6.45, 7) is 4.32. The highest BCUT2D eigenvalue weighted by Crippen LogP contribution is 2.28. The lowest BCUT2D eigenvalue weighted by atomic mass is 10.1. The van der Waals surface area contributed by atoms with Crippen molar-refractivity contribution in [2.45, 2.75) is 83.2 Å². The minimum atomic E-state index is 0.410. The maximum atomic E-state index is 12.3. The van der Waals surface area contributed by atoms with Gasteiger partial charge in [0.2, 0.25) is 5.91 Å². The molecule has 0 aromatic rings. The fourth-order valence-corrected chi connectivity index (χ4v) is 3.01. The number of hydrogen-bond acceptors (Lipinski definition) is 2. The largest absolute Gasteiger partial charge is 0.338 e. The molecule has 19 heavy (non-hydrogen) atoms. The van der Waals surface area contributed by atoms with Crippen LogP contribution in [0.1, 0.15) is 71.1 Å². The molecule has 0 radical (unpaired) electrons. The van der Waals surface area contributed by atoms with Crippen molar-refractivity contribution in [2.24, 2.45) is 0 Å². The number of carbonyl (C=O) groups is 1. The van der Waals surface area contributed by atoms with Crippen molar-refractivity contribution < 1.29 is 4.79 Å². The van der Waals surface area contributed by atoms with Crippen LogP contribution in [0.4, 0.5) is 0 Å². The van der Waals surface area contributed by atoms with E-state index in [1.54, 1.807) is 0 Å². The average molecular weight is 266 g/mol. The second kappa shape index (κ2) is 7.88. The quantitative estimate of drug-likeness (QED) is 0.650. The van der Waals surface area contributed by atoms with Gasteiger partial charge in [-0.25, -0.2) is 0 Å². The summed E-state index contributed by atoms with van der Waals surface area (Å²) in [6.07, 6.45) is 11.9. The van der Waals surface area contributed by atoms with E-state index in [2.05, 4.69) is 17.1 Å². The predicted octanol–water partition coefficient (Wildman–Crippen LogP) is 3.09. The lowest BCUT2D eigenvalue weighted by Gasteiger charge is -2.26. The smallest absolute Gasteiger partial charge is 0.222 e. The monoisotopic (exact) mass is 266 g/mol. The highest BCUT2D eigenvalue weighted by atomic mass is 16.2. The van der Waals surface area contributed by atoms with E-state index >= 15 is 0 Å². The molecule has 2 rings (SSSR count). The van der Waals surface area contributed by atoms with E-state index in [9.17, 15) is 4.79 Å². The zero-order chi connectivity index (χ0) is 13.5. The molecule has 2 aliphatic rings. The summed E-state index contributed by atoms with van der Waals surface area (Å²) in [5, 5.41) is 3.51. The van der Waals surface area contributed by atoms with Gasteiger partial charge >= 0.3 is 0 Å². The number of nitrogens with one attached hydrogen (secondary N) is 1. The number of amides is 1. The number of carbonyl (C=O) groups excluding carboxylic acids is 1. The van der Waals surface area contributed by atoms with E-state index in [1.807, 2.05) is 0 Å². The Morgan fingerprint density at radius 2 is 1.95 bits per heavy atom. The van der Waals surface area contributed by atoms with Gasteiger partial charge in [-0.15, -0.1) is 0 Å². The fraction of sp³-hybridized carbons (Fsp3) is 0.938. The molecule has 1 unspecified atom stereocenters. The fourth-order valence-electron chi connectivity index (χ4n) is 3.01. The molecule has 1 aliphatic heterocycles. The number of nitrogens with zero attached hydrogens (tertiary/aromatic N) is 1. The van der Waals surface area contributed by atoms with Gasteiger partial charge in [0.05, 0.1) is 0 Å². The first-order chi connectivity index (χ1) is 9.31. The van der Waals surface area contributed by atoms with Crippen LogP contribution >= 0.6 is 0 Å². The number of rotatable bonds is 9. The van der Waals surface area contributed by atoms with Crippen molar-refractivity contribution in [3.8, 4) is 0 Å². The van der Waals surface area contributed by atoms with Gasteiger partial charge in [0, 0.05) is 25.0 Å². The molecule has 1 saturated heterocycles. The van der Waals surface area contributed by atoms with E-state index < -0.39 is 0 Å². The molecule has 1 aliphatic carbocycles. The van der Waals surface area contributed by atoms with Gasteiger partial charge < -0.3 is 10.2 Å². The third kappa shape index (κ3) is 5.13. The maximum Gasteiger partial charge on any atom is 0.222 e. The average Bonchev–Trinajstić information content (AvgIpc) is 3.12. The second-order valence-electron chi connectivity index (χ2n) is 6.23. The summed E-state index contributed by atoms with van der Waals surface area (Å²) in [7, 11) is 0. The van der Waals surface area contributed by atoms with E-state index in [0.717, 1.165) is 25.9 Å². The number of unbranched alkanes of at least 4 members (excludes halogenated alkanes) is 4. The molecule has 1 saturated carbocycles. The maximum absolute atomic E-state index is 12.3. The van der Waals surface area contributed by atoms with Crippen LogP contribution in [0.3, 0.4) is 0 Å². The highest BCUT2D eigenvalue weighted by Gasteiger charge is 2.33. The van der Waals surface area contributed by atoms with Crippen molar-refractivity contribution in [1.29, 1.82) is 0 Å². The molecule has 3 heteroatoms. The van der Waals surface area contributed by atoms with Crippen LogP contribution in [0.5, 0.6) is 0 Å². The third-order valence-corrected chi connectivity index (χ3v) is 4.38. The Morgan fingerprint density at radius 1 is 1.16 bits per heavy atom. The summed E-state index contributed by atoms with van der Waals surface area (Å²) in [5.74, 6) is 0.410. The normalized spacial score (nSPS) is 22.7. The Bertz CT molecular complexity index is 270. The van der Waals surface area contributed by atoms with Gasteiger partial charge in [-0.3, -0.25) is 4.79 Å². The molecule has 0 spiro atoms. The summed E-state index contributed by atoms with van der Waals surface area (Å²) in [4.78, 5) is 14.5. The van der Waals surface area contributed by atoms with E-state index in [4.69, 9.17) is 0 Å². The van der Waals surface area contributed by atoms with Crippen molar-refractivity contribution in [3.63, 3.8) is 0 Å². The number of hydrogen-bond donors (Lipinski definition) is 1. The third-order valence-electron chi connectivity index (χ3n) is 4.38. The van der Waals surface area contributed by atoms with Gasteiger partial charge in [-0.2, -0.15) is 0 Å². The van der Waals surface area contributed by atoms with E-state index in [0.29, 0.717) is 18.0 Å². The first-order valence-electron chi connectivity index (χ1n) is 8.34. The predicted molar refractivity (Wildman–Crippen MR) is 79.1 cm³/mol. The van der Waals surface area contributed by atoms with Gasteiger partial charge in [0.1, 0.15) is 0 Å². The van der Waals surface area contributed by atoms with Gasteiger partial charge in [0.15, 0.2) is 0 Å². The summed E-state index contributed by atoms with van der Waals surface area (Å²) in [6, 6.07) is 1.13. The Balaban J connectivity index is 1.67. The zero-order valence-corrected chi connectivity index (χ0v) is 12.5. The van der Waals surface area contributed by atoms with Gasteiger partial charge in [-0.05, 0) is 38.6 Å². The standard InChI is InChI=1S/C16H30N2O/c1-2-3-4-5-6-9-16(19)18(15-10-11-15)13-14-8-7-12-17-14/h14-15,17H,2-13H2,1H3. The second-order valence-corrected chi connectivity index (χ2v) is 6.23. The van der Waals surface area contributed by atoms with Crippen LogP contribution in [0.15, 0.2) is 0 Å². The van der Waals surface area contributed by atoms with Gasteiger partial charge in [0.25, 0.3) is 0 Å². The Morgan fingerprint density at radius 3 is 2.58 bits per heavy atom. The van der Waals surface area contributed by atoms with Crippen LogP contribution < -0.4 is 5.32 Å². The lowest BCUT2D eigenvalue weighted by molar-refractivity contribution is -0.132. The van der Waals surface area contributed by atoms with Crippen LogP contribution in [-0.2, 0) is 4.79 Å². The van der Waals surface area contributed by atoms with Crippen LogP contribution in [0, 0.1) is 0 Å². The molecule has 3 nitrogen and oxygen atoms in total. The summed E-state index contributed by atoms with van der Waals surface area (Å²) >= 11 is 0. The molecule has 2 fully saturated rings. The van der Waals surface area contributed by atoms with Crippen molar-refractivity contribution in [3.05, 3.63) is 0 Å². The first kappa shape index (κ1) is 14.8. The van der Waals surface area contributed by atoms with Crippen LogP contribution in [-0.4, -0.2) is 36.0 Å². The molecule has 110 valence electrons. The summed E-state index contributed by atoms with van der Waals surface area (Å²) in [5.41, 5.74) is 0. The van der Waals surface area contributed by atoms with Crippen molar-refractivity contribution in [2.75, 3.05) is 13.1 Å². The molecular weight excluding hydrogens is 236 g/mol. The minimum Gasteiger partial charge on any atom is -0.338 e. The molecule has 0 aromatic heterocycles. The molecule has 1 amide bonds. The molecular formula is C16H30N2O. The summed E-state index contributed by atoms with van der Waals surface area (Å²) < 4.78 is 0. The zero-order valence-electron chi connectivity index (χ0n) is 12.5. The molecule has 0 bridgehead atoms. The molecule has 1 atom stereocenters. The Hall–Kier alpha value is -0.570. The molecule has 0 aromatic carbocycles. The molecule has 1 N–H and O–H groups in total. The Kier molecular flexibility index (Phi) is 6.15.